The van der Waals surface area contributed by atoms with E-state index in [0.29, 0.717) is 0 Å². The molecule has 0 fully saturated rings. The molecular weight excluding hydrogens is 329 g/mol. The number of hydrogen-bond donors (Lipinski definition) is 0. The Kier molecular flexibility index (Phi) is 3.59. The minimum absolute atomic E-state index is 0.268. The van der Waals surface area contributed by atoms with Crippen molar-refractivity contribution in [1.29, 1.82) is 0 Å². The van der Waals surface area contributed by atoms with Crippen molar-refractivity contribution in [2.45, 2.75) is 6.92 Å². The van der Waals surface area contributed by atoms with Crippen LogP contribution < -0.4 is 0 Å². The van der Waals surface area contributed by atoms with Gasteiger partial charge in [-0.1, -0.05) is 0 Å². The van der Waals surface area contributed by atoms with Crippen LogP contribution in [0.1, 0.15) is 20.8 Å². The maximum atomic E-state index is 13.5. The van der Waals surface area contributed by atoms with E-state index in [2.05, 4.69) is 15.9 Å². The second-order valence-corrected chi connectivity index (χ2v) is 5.99. The summed E-state index contributed by atoms with van der Waals surface area (Å²) in [5.74, 6) is -5.06. The zero-order valence-electron chi connectivity index (χ0n) is 9.06. The van der Waals surface area contributed by atoms with Crippen molar-refractivity contribution in [3.8, 4) is 0 Å². The number of carbonyl (C=O) groups excluding carboxylic acids is 1. The quantitative estimate of drug-likeness (QED) is 0.585. The molecule has 6 heteroatoms. The van der Waals surface area contributed by atoms with Crippen molar-refractivity contribution in [3.05, 3.63) is 55.4 Å². The van der Waals surface area contributed by atoms with Crippen molar-refractivity contribution in [1.82, 2.24) is 0 Å². The number of ketones is 1. The number of aryl methyl sites for hydroxylation is 1. The first-order chi connectivity index (χ1) is 8.41. The van der Waals surface area contributed by atoms with Crippen molar-refractivity contribution >= 4 is 33.0 Å². The standard InChI is InChI=1S/C12H6BrF3OS/c1-5-4-8(18-12(5)13)11(17)6-2-3-7(14)10(16)9(6)15/h2-4H,1H3. The summed E-state index contributed by atoms with van der Waals surface area (Å²) in [6.45, 7) is 1.78. The lowest BCUT2D eigenvalue weighted by molar-refractivity contribution is 0.103. The molecule has 1 aromatic heterocycles. The van der Waals surface area contributed by atoms with Crippen LogP contribution in [0.2, 0.25) is 0 Å². The van der Waals surface area contributed by atoms with Gasteiger partial charge in [0.2, 0.25) is 5.78 Å². The van der Waals surface area contributed by atoms with E-state index in [-0.39, 0.29) is 4.88 Å². The van der Waals surface area contributed by atoms with Gasteiger partial charge in [0.05, 0.1) is 14.2 Å². The van der Waals surface area contributed by atoms with E-state index in [9.17, 15) is 18.0 Å². The van der Waals surface area contributed by atoms with Gasteiger partial charge in [0.25, 0.3) is 0 Å². The van der Waals surface area contributed by atoms with Gasteiger partial charge in [-0.3, -0.25) is 4.79 Å². The maximum Gasteiger partial charge on any atom is 0.206 e. The average Bonchev–Trinajstić information content (AvgIpc) is 2.66. The summed E-state index contributed by atoms with van der Waals surface area (Å²) >= 11 is 4.36. The topological polar surface area (TPSA) is 17.1 Å². The number of benzene rings is 1. The molecule has 0 saturated carbocycles. The monoisotopic (exact) mass is 334 g/mol. The molecule has 0 amide bonds. The fourth-order valence-corrected chi connectivity index (χ4v) is 2.89. The second kappa shape index (κ2) is 4.85. The van der Waals surface area contributed by atoms with Crippen molar-refractivity contribution in [2.75, 3.05) is 0 Å². The fraction of sp³-hybridized carbons (Fsp3) is 0.0833. The van der Waals surface area contributed by atoms with Gasteiger partial charge in [-0.05, 0) is 46.6 Å². The van der Waals surface area contributed by atoms with Gasteiger partial charge in [-0.2, -0.15) is 0 Å². The van der Waals surface area contributed by atoms with Crippen LogP contribution in [0.15, 0.2) is 22.0 Å². The Morgan fingerprint density at radius 1 is 1.22 bits per heavy atom. The summed E-state index contributed by atoms with van der Waals surface area (Å²) in [5, 5.41) is 0. The highest BCUT2D eigenvalue weighted by Gasteiger charge is 2.21. The van der Waals surface area contributed by atoms with E-state index < -0.39 is 28.8 Å². The first kappa shape index (κ1) is 13.3. The molecule has 1 aromatic carbocycles. The predicted molar refractivity (Wildman–Crippen MR) is 66.5 cm³/mol. The van der Waals surface area contributed by atoms with Crippen LogP contribution in [0.4, 0.5) is 13.2 Å². The molecule has 0 bridgehead atoms. The first-order valence-electron chi connectivity index (χ1n) is 4.86. The molecule has 0 aliphatic heterocycles. The fourth-order valence-electron chi connectivity index (χ4n) is 1.41. The van der Waals surface area contributed by atoms with Crippen LogP contribution in [-0.2, 0) is 0 Å². The lowest BCUT2D eigenvalue weighted by Crippen LogP contribution is -2.05. The molecule has 0 N–H and O–H groups in total. The molecule has 0 unspecified atom stereocenters. The van der Waals surface area contributed by atoms with Crippen molar-refractivity contribution in [2.24, 2.45) is 0 Å². The molecule has 0 saturated heterocycles. The molecule has 0 radical (unpaired) electrons. The smallest absolute Gasteiger partial charge is 0.206 e. The summed E-state index contributed by atoms with van der Waals surface area (Å²) in [5.41, 5.74) is 0.356. The van der Waals surface area contributed by atoms with E-state index in [0.717, 1.165) is 32.8 Å². The normalized spacial score (nSPS) is 10.7. The highest BCUT2D eigenvalue weighted by atomic mass is 79.9. The minimum atomic E-state index is -1.63. The molecule has 18 heavy (non-hydrogen) atoms. The van der Waals surface area contributed by atoms with Crippen LogP contribution in [0.25, 0.3) is 0 Å². The lowest BCUT2D eigenvalue weighted by Gasteiger charge is -2.02. The lowest BCUT2D eigenvalue weighted by atomic mass is 10.1. The molecule has 0 aliphatic carbocycles. The van der Waals surface area contributed by atoms with Gasteiger partial charge < -0.3 is 0 Å². The SMILES string of the molecule is Cc1cc(C(=O)c2ccc(F)c(F)c2F)sc1Br. The van der Waals surface area contributed by atoms with E-state index in [1.807, 2.05) is 0 Å². The average molecular weight is 335 g/mol. The Balaban J connectivity index is 2.50. The molecule has 1 nitrogen and oxygen atoms in total. The van der Waals surface area contributed by atoms with Gasteiger partial charge in [0.15, 0.2) is 17.5 Å². The van der Waals surface area contributed by atoms with Crippen LogP contribution in [-0.4, -0.2) is 5.78 Å². The van der Waals surface area contributed by atoms with Gasteiger partial charge in [-0.25, -0.2) is 13.2 Å². The number of carbonyl (C=O) groups is 1. The van der Waals surface area contributed by atoms with Crippen LogP contribution in [0, 0.1) is 24.4 Å². The van der Waals surface area contributed by atoms with Gasteiger partial charge in [0, 0.05) is 0 Å². The molecule has 2 aromatic rings. The Hall–Kier alpha value is -1.14. The summed E-state index contributed by atoms with van der Waals surface area (Å²) < 4.78 is 40.0. The van der Waals surface area contributed by atoms with Crippen molar-refractivity contribution in [3.63, 3.8) is 0 Å². The van der Waals surface area contributed by atoms with E-state index in [1.165, 1.54) is 0 Å². The minimum Gasteiger partial charge on any atom is -0.288 e. The van der Waals surface area contributed by atoms with Crippen LogP contribution in [0.3, 0.4) is 0 Å². The molecule has 94 valence electrons. The zero-order chi connectivity index (χ0) is 13.4. The molecular formula is C12H6BrF3OS. The summed E-state index contributed by atoms with van der Waals surface area (Å²) in [6.07, 6.45) is 0. The molecule has 0 spiro atoms. The molecule has 1 heterocycles. The van der Waals surface area contributed by atoms with E-state index >= 15 is 0 Å². The Morgan fingerprint density at radius 3 is 2.44 bits per heavy atom. The summed E-state index contributed by atoms with van der Waals surface area (Å²) in [4.78, 5) is 12.2. The largest absolute Gasteiger partial charge is 0.288 e. The van der Waals surface area contributed by atoms with Crippen LogP contribution in [0.5, 0.6) is 0 Å². The summed E-state index contributed by atoms with van der Waals surface area (Å²) in [6, 6.07) is 3.25. The third-order valence-electron chi connectivity index (χ3n) is 2.36. The molecule has 2 rings (SSSR count). The first-order valence-corrected chi connectivity index (χ1v) is 6.47. The number of hydrogen-bond acceptors (Lipinski definition) is 2. The molecule has 0 atom stereocenters. The number of thiophene rings is 1. The number of halogens is 4. The Morgan fingerprint density at radius 2 is 1.89 bits per heavy atom. The van der Waals surface area contributed by atoms with Crippen LogP contribution >= 0.6 is 27.3 Å². The number of rotatable bonds is 2. The van der Waals surface area contributed by atoms with Gasteiger partial charge in [0.1, 0.15) is 0 Å². The predicted octanol–water partition coefficient (Wildman–Crippen LogP) is 4.47. The highest BCUT2D eigenvalue weighted by Crippen LogP contribution is 2.29. The third-order valence-corrected chi connectivity index (χ3v) is 4.50. The molecule has 0 aliphatic rings. The highest BCUT2D eigenvalue weighted by molar-refractivity contribution is 9.11. The third kappa shape index (κ3) is 2.22. The Bertz CT molecular complexity index is 617. The van der Waals surface area contributed by atoms with E-state index in [1.54, 1.807) is 13.0 Å². The van der Waals surface area contributed by atoms with E-state index in [4.69, 9.17) is 0 Å². The maximum absolute atomic E-state index is 13.5. The second-order valence-electron chi connectivity index (χ2n) is 3.62. The van der Waals surface area contributed by atoms with Gasteiger partial charge >= 0.3 is 0 Å². The van der Waals surface area contributed by atoms with Crippen molar-refractivity contribution < 1.29 is 18.0 Å². The Labute approximate surface area is 113 Å². The summed E-state index contributed by atoms with van der Waals surface area (Å²) in [7, 11) is 0. The van der Waals surface area contributed by atoms with Gasteiger partial charge in [-0.15, -0.1) is 11.3 Å². The zero-order valence-corrected chi connectivity index (χ0v) is 11.5.